The van der Waals surface area contributed by atoms with Crippen LogP contribution in [0.1, 0.15) is 10.4 Å². The molecule has 0 atom stereocenters. The number of benzene rings is 1. The smallest absolute Gasteiger partial charge is 0.337 e. The number of hydrogen-bond donors (Lipinski definition) is 2. The molecule has 5 heteroatoms. The van der Waals surface area contributed by atoms with Gasteiger partial charge in [-0.25, -0.2) is 14.8 Å². The zero-order valence-corrected chi connectivity index (χ0v) is 7.14. The van der Waals surface area contributed by atoms with Crippen LogP contribution in [0.15, 0.2) is 24.4 Å². The summed E-state index contributed by atoms with van der Waals surface area (Å²) in [5.74, 6) is -0.741. The van der Waals surface area contributed by atoms with E-state index in [0.29, 0.717) is 11.0 Å². The SMILES string of the molecule is Nc1cnc2c(C(=O)O)cccc2n1. The fourth-order valence-corrected chi connectivity index (χ4v) is 1.23. The topological polar surface area (TPSA) is 89.1 Å². The molecule has 2 aromatic rings. The Morgan fingerprint density at radius 3 is 2.93 bits per heavy atom. The number of aromatic nitrogens is 2. The molecule has 0 unspecified atom stereocenters. The number of nitrogens with two attached hydrogens (primary N) is 1. The van der Waals surface area contributed by atoms with Gasteiger partial charge in [0.1, 0.15) is 11.3 Å². The van der Waals surface area contributed by atoms with E-state index in [2.05, 4.69) is 9.97 Å². The molecule has 0 saturated heterocycles. The maximum Gasteiger partial charge on any atom is 0.337 e. The van der Waals surface area contributed by atoms with Gasteiger partial charge in [0.25, 0.3) is 0 Å². The number of fused-ring (bicyclic) bond motifs is 1. The Morgan fingerprint density at radius 1 is 1.43 bits per heavy atom. The maximum absolute atomic E-state index is 10.8. The second-order valence-electron chi connectivity index (χ2n) is 2.77. The van der Waals surface area contributed by atoms with Gasteiger partial charge in [0.05, 0.1) is 17.3 Å². The van der Waals surface area contributed by atoms with Crippen molar-refractivity contribution in [2.75, 3.05) is 5.73 Å². The Bertz CT molecular complexity index is 510. The van der Waals surface area contributed by atoms with Gasteiger partial charge in [-0.3, -0.25) is 0 Å². The lowest BCUT2D eigenvalue weighted by atomic mass is 10.2. The largest absolute Gasteiger partial charge is 0.478 e. The number of nitrogen functional groups attached to an aromatic ring is 1. The van der Waals surface area contributed by atoms with Gasteiger partial charge in [-0.15, -0.1) is 0 Å². The highest BCUT2D eigenvalue weighted by Crippen LogP contribution is 2.15. The molecule has 0 radical (unpaired) electrons. The lowest BCUT2D eigenvalue weighted by molar-refractivity contribution is 0.0699. The zero-order valence-electron chi connectivity index (χ0n) is 7.14. The molecular formula is C9H7N3O2. The first kappa shape index (κ1) is 8.43. The second kappa shape index (κ2) is 2.95. The molecule has 0 spiro atoms. The summed E-state index contributed by atoms with van der Waals surface area (Å²) in [6, 6.07) is 4.76. The van der Waals surface area contributed by atoms with Crippen molar-refractivity contribution in [1.29, 1.82) is 0 Å². The molecule has 2 rings (SSSR count). The average Bonchev–Trinajstić information content (AvgIpc) is 2.16. The molecule has 1 heterocycles. The minimum absolute atomic E-state index is 0.134. The summed E-state index contributed by atoms with van der Waals surface area (Å²) in [5.41, 5.74) is 6.41. The average molecular weight is 189 g/mol. The minimum atomic E-state index is -1.02. The number of nitrogens with zero attached hydrogens (tertiary/aromatic N) is 2. The highest BCUT2D eigenvalue weighted by Gasteiger charge is 2.09. The van der Waals surface area contributed by atoms with Crippen LogP contribution < -0.4 is 5.73 Å². The van der Waals surface area contributed by atoms with Crippen molar-refractivity contribution in [2.45, 2.75) is 0 Å². The molecular weight excluding hydrogens is 182 g/mol. The fraction of sp³-hybridized carbons (Fsp3) is 0. The molecule has 0 amide bonds. The molecule has 0 aliphatic carbocycles. The summed E-state index contributed by atoms with van der Waals surface area (Å²) >= 11 is 0. The molecule has 70 valence electrons. The third kappa shape index (κ3) is 1.24. The Balaban J connectivity index is 2.81. The van der Waals surface area contributed by atoms with Crippen LogP contribution in [0, 0.1) is 0 Å². The third-order valence-corrected chi connectivity index (χ3v) is 1.82. The standard InChI is InChI=1S/C9H7N3O2/c10-7-4-11-8-5(9(13)14)2-1-3-6(8)12-7/h1-4H,(H2,10,12)(H,13,14). The van der Waals surface area contributed by atoms with Crippen molar-refractivity contribution in [1.82, 2.24) is 9.97 Å². The Labute approximate surface area is 79.2 Å². The van der Waals surface area contributed by atoms with E-state index >= 15 is 0 Å². The van der Waals surface area contributed by atoms with Crippen molar-refractivity contribution in [3.8, 4) is 0 Å². The normalized spacial score (nSPS) is 10.3. The monoisotopic (exact) mass is 189 g/mol. The molecule has 0 fully saturated rings. The number of rotatable bonds is 1. The minimum Gasteiger partial charge on any atom is -0.478 e. The molecule has 3 N–H and O–H groups in total. The van der Waals surface area contributed by atoms with Crippen LogP contribution in [0.5, 0.6) is 0 Å². The highest BCUT2D eigenvalue weighted by molar-refractivity contribution is 6.00. The van der Waals surface area contributed by atoms with Crippen molar-refractivity contribution >= 4 is 22.8 Å². The predicted molar refractivity (Wildman–Crippen MR) is 50.9 cm³/mol. The predicted octanol–water partition coefficient (Wildman–Crippen LogP) is 0.910. The summed E-state index contributed by atoms with van der Waals surface area (Å²) in [6.07, 6.45) is 1.34. The van der Waals surface area contributed by atoms with Crippen molar-refractivity contribution in [2.24, 2.45) is 0 Å². The third-order valence-electron chi connectivity index (χ3n) is 1.82. The number of carbonyl (C=O) groups is 1. The summed E-state index contributed by atoms with van der Waals surface area (Å²) < 4.78 is 0. The van der Waals surface area contributed by atoms with E-state index in [1.807, 2.05) is 0 Å². The van der Waals surface area contributed by atoms with Crippen LogP contribution in [0.2, 0.25) is 0 Å². The molecule has 0 aliphatic rings. The van der Waals surface area contributed by atoms with E-state index in [1.54, 1.807) is 12.1 Å². The second-order valence-corrected chi connectivity index (χ2v) is 2.77. The quantitative estimate of drug-likeness (QED) is 0.695. The maximum atomic E-state index is 10.8. The lowest BCUT2D eigenvalue weighted by Gasteiger charge is -2.00. The first-order chi connectivity index (χ1) is 6.68. The number of carboxylic acids is 1. The van der Waals surface area contributed by atoms with Crippen molar-refractivity contribution in [3.05, 3.63) is 30.0 Å². The van der Waals surface area contributed by atoms with Gasteiger partial charge in [0.15, 0.2) is 0 Å². The summed E-state index contributed by atoms with van der Waals surface area (Å²) in [7, 11) is 0. The first-order valence-electron chi connectivity index (χ1n) is 3.93. The van der Waals surface area contributed by atoms with Gasteiger partial charge < -0.3 is 10.8 Å². The van der Waals surface area contributed by atoms with Gasteiger partial charge >= 0.3 is 5.97 Å². The van der Waals surface area contributed by atoms with Crippen LogP contribution in [-0.4, -0.2) is 21.0 Å². The molecule has 14 heavy (non-hydrogen) atoms. The van der Waals surface area contributed by atoms with Gasteiger partial charge in [-0.1, -0.05) is 6.07 Å². The van der Waals surface area contributed by atoms with Gasteiger partial charge in [0, 0.05) is 0 Å². The number of para-hydroxylation sites is 1. The van der Waals surface area contributed by atoms with E-state index in [0.717, 1.165) is 0 Å². The van der Waals surface area contributed by atoms with Crippen LogP contribution >= 0.6 is 0 Å². The zero-order chi connectivity index (χ0) is 10.1. The number of anilines is 1. The van der Waals surface area contributed by atoms with Crippen LogP contribution in [-0.2, 0) is 0 Å². The summed E-state index contributed by atoms with van der Waals surface area (Å²) in [4.78, 5) is 18.7. The van der Waals surface area contributed by atoms with E-state index in [-0.39, 0.29) is 11.4 Å². The van der Waals surface area contributed by atoms with Gasteiger partial charge in [-0.2, -0.15) is 0 Å². The fourth-order valence-electron chi connectivity index (χ4n) is 1.23. The molecule has 1 aromatic heterocycles. The van der Waals surface area contributed by atoms with Gasteiger partial charge in [0.2, 0.25) is 0 Å². The van der Waals surface area contributed by atoms with Crippen molar-refractivity contribution in [3.63, 3.8) is 0 Å². The molecule has 0 aliphatic heterocycles. The molecule has 0 bridgehead atoms. The van der Waals surface area contributed by atoms with Crippen LogP contribution in [0.25, 0.3) is 11.0 Å². The molecule has 5 nitrogen and oxygen atoms in total. The van der Waals surface area contributed by atoms with E-state index in [4.69, 9.17) is 10.8 Å². The number of hydrogen-bond acceptors (Lipinski definition) is 4. The lowest BCUT2D eigenvalue weighted by Crippen LogP contribution is -2.00. The molecule has 1 aromatic carbocycles. The van der Waals surface area contributed by atoms with Crippen LogP contribution in [0.4, 0.5) is 5.82 Å². The Kier molecular flexibility index (Phi) is 1.78. The summed E-state index contributed by atoms with van der Waals surface area (Å²) in [6.45, 7) is 0. The van der Waals surface area contributed by atoms with E-state index in [9.17, 15) is 4.79 Å². The highest BCUT2D eigenvalue weighted by atomic mass is 16.4. The molecule has 0 saturated carbocycles. The Hall–Kier alpha value is -2.17. The number of carboxylic acid groups (broad SMARTS) is 1. The Morgan fingerprint density at radius 2 is 2.21 bits per heavy atom. The van der Waals surface area contributed by atoms with Gasteiger partial charge in [-0.05, 0) is 12.1 Å². The van der Waals surface area contributed by atoms with Crippen molar-refractivity contribution < 1.29 is 9.90 Å². The van der Waals surface area contributed by atoms with Crippen LogP contribution in [0.3, 0.4) is 0 Å². The number of aromatic carboxylic acids is 1. The van der Waals surface area contributed by atoms with E-state index in [1.165, 1.54) is 12.3 Å². The summed E-state index contributed by atoms with van der Waals surface area (Å²) in [5, 5.41) is 8.85. The first-order valence-corrected chi connectivity index (χ1v) is 3.93. The van der Waals surface area contributed by atoms with E-state index < -0.39 is 5.97 Å².